The molecule has 1 N–H and O–H groups in total. The van der Waals surface area contributed by atoms with Crippen molar-refractivity contribution in [1.29, 1.82) is 0 Å². The lowest BCUT2D eigenvalue weighted by Crippen LogP contribution is -2.36. The normalized spacial score (nSPS) is 15.0. The molecule has 0 radical (unpaired) electrons. The van der Waals surface area contributed by atoms with Crippen LogP contribution in [-0.4, -0.2) is 32.2 Å². The number of para-hydroxylation sites is 2. The van der Waals surface area contributed by atoms with Gasteiger partial charge in [-0.2, -0.15) is 0 Å². The maximum absolute atomic E-state index is 12.2. The number of anilines is 2. The van der Waals surface area contributed by atoms with Gasteiger partial charge in [-0.3, -0.25) is 4.79 Å². The number of halogens is 1. The van der Waals surface area contributed by atoms with Gasteiger partial charge < -0.3 is 19.4 Å². The first-order chi connectivity index (χ1) is 10.3. The number of carbonyl (C=O) groups is 1. The molecule has 110 valence electrons. The van der Waals surface area contributed by atoms with Crippen molar-refractivity contribution in [2.45, 2.75) is 0 Å². The van der Waals surface area contributed by atoms with Crippen molar-refractivity contribution in [2.24, 2.45) is 0 Å². The van der Waals surface area contributed by atoms with Crippen molar-refractivity contribution in [1.82, 2.24) is 0 Å². The van der Waals surface area contributed by atoms with Crippen LogP contribution in [0.4, 0.5) is 11.4 Å². The quantitative estimate of drug-likeness (QED) is 0.947. The van der Waals surface area contributed by atoms with Gasteiger partial charge in [-0.25, -0.2) is 0 Å². The number of nitrogens with one attached hydrogen (secondary N) is 1. The molecule has 1 aromatic carbocycles. The Kier molecular flexibility index (Phi) is 4.13. The molecule has 5 nitrogen and oxygen atoms in total. The Morgan fingerprint density at radius 2 is 1.95 bits per heavy atom. The van der Waals surface area contributed by atoms with E-state index in [4.69, 9.17) is 20.8 Å². The SMILES string of the molecule is O=C(Nc1ccccc1N1CCOCC1)c1ccoc1Cl. The van der Waals surface area contributed by atoms with Gasteiger partial charge in [0.25, 0.3) is 5.91 Å². The predicted octanol–water partition coefficient (Wildman–Crippen LogP) is 3.02. The summed E-state index contributed by atoms with van der Waals surface area (Å²) in [5.74, 6) is -0.283. The Balaban J connectivity index is 1.82. The highest BCUT2D eigenvalue weighted by Crippen LogP contribution is 2.27. The second-order valence-corrected chi connectivity index (χ2v) is 5.02. The Morgan fingerprint density at radius 1 is 1.19 bits per heavy atom. The highest BCUT2D eigenvalue weighted by molar-refractivity contribution is 6.32. The number of rotatable bonds is 3. The van der Waals surface area contributed by atoms with Crippen LogP contribution in [0.3, 0.4) is 0 Å². The minimum Gasteiger partial charge on any atom is -0.452 e. The molecule has 6 heteroatoms. The van der Waals surface area contributed by atoms with Crippen molar-refractivity contribution in [3.05, 3.63) is 47.4 Å². The van der Waals surface area contributed by atoms with E-state index in [-0.39, 0.29) is 11.1 Å². The first-order valence-corrected chi connectivity index (χ1v) is 7.09. The van der Waals surface area contributed by atoms with E-state index in [1.165, 1.54) is 6.26 Å². The molecule has 1 aromatic heterocycles. The summed E-state index contributed by atoms with van der Waals surface area (Å²) in [6, 6.07) is 9.24. The molecule has 1 fully saturated rings. The third-order valence-electron chi connectivity index (χ3n) is 3.37. The summed E-state index contributed by atoms with van der Waals surface area (Å²) in [6.07, 6.45) is 1.39. The fourth-order valence-corrected chi connectivity index (χ4v) is 2.50. The largest absolute Gasteiger partial charge is 0.452 e. The standard InChI is InChI=1S/C15H15ClN2O3/c16-14-11(5-8-21-14)15(19)17-12-3-1-2-4-13(12)18-6-9-20-10-7-18/h1-5,8H,6-7,9-10H2,(H,17,19). The predicted molar refractivity (Wildman–Crippen MR) is 81.1 cm³/mol. The van der Waals surface area contributed by atoms with Gasteiger partial charge >= 0.3 is 0 Å². The minimum absolute atomic E-state index is 0.0938. The molecule has 0 unspecified atom stereocenters. The van der Waals surface area contributed by atoms with Crippen molar-refractivity contribution in [2.75, 3.05) is 36.5 Å². The number of carbonyl (C=O) groups excluding carboxylic acids is 1. The van der Waals surface area contributed by atoms with Gasteiger partial charge in [0.15, 0.2) is 0 Å². The van der Waals surface area contributed by atoms with E-state index >= 15 is 0 Å². The van der Waals surface area contributed by atoms with Crippen molar-refractivity contribution in [3.8, 4) is 0 Å². The molecule has 1 aliphatic rings. The van der Waals surface area contributed by atoms with E-state index in [0.29, 0.717) is 18.8 Å². The van der Waals surface area contributed by atoms with E-state index in [1.807, 2.05) is 24.3 Å². The molecular formula is C15H15ClN2O3. The zero-order chi connectivity index (χ0) is 14.7. The molecule has 0 saturated carbocycles. The first-order valence-electron chi connectivity index (χ1n) is 6.72. The van der Waals surface area contributed by atoms with Gasteiger partial charge in [0.05, 0.1) is 36.4 Å². The molecular weight excluding hydrogens is 292 g/mol. The fraction of sp³-hybridized carbons (Fsp3) is 0.267. The van der Waals surface area contributed by atoms with Gasteiger partial charge in [0.2, 0.25) is 5.22 Å². The maximum Gasteiger partial charge on any atom is 0.260 e. The average Bonchev–Trinajstić information content (AvgIpc) is 2.95. The molecule has 21 heavy (non-hydrogen) atoms. The van der Waals surface area contributed by atoms with Crippen LogP contribution in [0, 0.1) is 0 Å². The second-order valence-electron chi connectivity index (χ2n) is 4.68. The Hall–Kier alpha value is -1.98. The third kappa shape index (κ3) is 3.04. The lowest BCUT2D eigenvalue weighted by Gasteiger charge is -2.30. The molecule has 2 aromatic rings. The van der Waals surface area contributed by atoms with Crippen molar-refractivity contribution >= 4 is 28.9 Å². The van der Waals surface area contributed by atoms with Crippen LogP contribution >= 0.6 is 11.6 Å². The van der Waals surface area contributed by atoms with Crippen molar-refractivity contribution in [3.63, 3.8) is 0 Å². The van der Waals surface area contributed by atoms with Crippen LogP contribution in [-0.2, 0) is 4.74 Å². The zero-order valence-electron chi connectivity index (χ0n) is 11.3. The summed E-state index contributed by atoms with van der Waals surface area (Å²) in [4.78, 5) is 14.4. The van der Waals surface area contributed by atoms with Crippen LogP contribution in [0.2, 0.25) is 5.22 Å². The Labute approximate surface area is 127 Å². The topological polar surface area (TPSA) is 54.7 Å². The molecule has 1 saturated heterocycles. The van der Waals surface area contributed by atoms with Gasteiger partial charge in [-0.05, 0) is 29.8 Å². The summed E-state index contributed by atoms with van der Waals surface area (Å²) in [5, 5.41) is 2.98. The van der Waals surface area contributed by atoms with Gasteiger partial charge in [0.1, 0.15) is 0 Å². The van der Waals surface area contributed by atoms with E-state index in [0.717, 1.165) is 24.5 Å². The van der Waals surface area contributed by atoms with Crippen LogP contribution in [0.1, 0.15) is 10.4 Å². The number of hydrogen-bond donors (Lipinski definition) is 1. The molecule has 0 aliphatic carbocycles. The fourth-order valence-electron chi connectivity index (χ4n) is 2.30. The van der Waals surface area contributed by atoms with Crippen LogP contribution in [0.15, 0.2) is 41.0 Å². The lowest BCUT2D eigenvalue weighted by atomic mass is 10.2. The van der Waals surface area contributed by atoms with Crippen LogP contribution in [0.5, 0.6) is 0 Å². The molecule has 0 atom stereocenters. The highest BCUT2D eigenvalue weighted by Gasteiger charge is 2.18. The summed E-state index contributed by atoms with van der Waals surface area (Å²) in [6.45, 7) is 2.99. The number of benzene rings is 1. The number of ether oxygens (including phenoxy) is 1. The Morgan fingerprint density at radius 3 is 2.67 bits per heavy atom. The lowest BCUT2D eigenvalue weighted by molar-refractivity contribution is 0.102. The van der Waals surface area contributed by atoms with Gasteiger partial charge in [-0.1, -0.05) is 12.1 Å². The average molecular weight is 307 g/mol. The third-order valence-corrected chi connectivity index (χ3v) is 3.66. The second kappa shape index (κ2) is 6.20. The van der Waals surface area contributed by atoms with E-state index in [1.54, 1.807) is 6.07 Å². The summed E-state index contributed by atoms with van der Waals surface area (Å²) >= 11 is 5.83. The number of morpholine rings is 1. The van der Waals surface area contributed by atoms with E-state index < -0.39 is 0 Å². The minimum atomic E-state index is -0.283. The Bertz CT molecular complexity index is 635. The molecule has 1 amide bonds. The van der Waals surface area contributed by atoms with Crippen molar-refractivity contribution < 1.29 is 13.9 Å². The zero-order valence-corrected chi connectivity index (χ0v) is 12.1. The molecule has 3 rings (SSSR count). The smallest absolute Gasteiger partial charge is 0.260 e. The molecule has 2 heterocycles. The highest BCUT2D eigenvalue weighted by atomic mass is 35.5. The number of hydrogen-bond acceptors (Lipinski definition) is 4. The number of amides is 1. The number of nitrogens with zero attached hydrogens (tertiary/aromatic N) is 1. The monoisotopic (exact) mass is 306 g/mol. The summed E-state index contributed by atoms with van der Waals surface area (Å²) in [5.41, 5.74) is 2.06. The summed E-state index contributed by atoms with van der Waals surface area (Å²) < 4.78 is 10.3. The molecule has 0 bridgehead atoms. The van der Waals surface area contributed by atoms with E-state index in [9.17, 15) is 4.79 Å². The number of furan rings is 1. The molecule has 1 aliphatic heterocycles. The first kappa shape index (κ1) is 14.0. The van der Waals surface area contributed by atoms with Gasteiger partial charge in [0, 0.05) is 13.1 Å². The van der Waals surface area contributed by atoms with E-state index in [2.05, 4.69) is 10.2 Å². The van der Waals surface area contributed by atoms with Crippen LogP contribution < -0.4 is 10.2 Å². The van der Waals surface area contributed by atoms with Crippen LogP contribution in [0.25, 0.3) is 0 Å². The maximum atomic E-state index is 12.2. The summed E-state index contributed by atoms with van der Waals surface area (Å²) in [7, 11) is 0. The molecule has 0 spiro atoms. The van der Waals surface area contributed by atoms with Gasteiger partial charge in [-0.15, -0.1) is 0 Å².